The SMILES string of the molecule is CCCCCCCCCCCCOc1ccc(-c2cc3cccc(C)c3[nH]2)cc1C. The largest absolute Gasteiger partial charge is 0.493 e. The summed E-state index contributed by atoms with van der Waals surface area (Å²) < 4.78 is 6.07. The molecule has 2 nitrogen and oxygen atoms in total. The Morgan fingerprint density at radius 1 is 0.733 bits per heavy atom. The number of ether oxygens (including phenoxy) is 1. The molecule has 2 aromatic carbocycles. The van der Waals surface area contributed by atoms with Gasteiger partial charge in [-0.25, -0.2) is 0 Å². The molecule has 0 aliphatic rings. The van der Waals surface area contributed by atoms with Gasteiger partial charge >= 0.3 is 0 Å². The molecule has 0 aliphatic heterocycles. The van der Waals surface area contributed by atoms with Crippen LogP contribution >= 0.6 is 0 Å². The predicted molar refractivity (Wildman–Crippen MR) is 131 cm³/mol. The lowest BCUT2D eigenvalue weighted by Crippen LogP contribution is -1.99. The first-order chi connectivity index (χ1) is 14.7. The number of hydrogen-bond acceptors (Lipinski definition) is 1. The molecular formula is C28H39NO. The second kappa shape index (κ2) is 11.8. The minimum atomic E-state index is 0.822. The van der Waals surface area contributed by atoms with Crippen LogP contribution in [0, 0.1) is 13.8 Å². The summed E-state index contributed by atoms with van der Waals surface area (Å²) in [6.45, 7) is 7.40. The Labute approximate surface area is 183 Å². The summed E-state index contributed by atoms with van der Waals surface area (Å²) in [6.07, 6.45) is 13.5. The molecule has 0 bridgehead atoms. The van der Waals surface area contributed by atoms with E-state index in [9.17, 15) is 0 Å². The standard InChI is InChI=1S/C28H39NO/c1-4-5-6-7-8-9-10-11-12-13-19-30-27-18-17-24(20-23(27)3)26-21-25-16-14-15-22(2)28(25)29-26/h14-18,20-21,29H,4-13,19H2,1-3H3. The highest BCUT2D eigenvalue weighted by atomic mass is 16.5. The van der Waals surface area contributed by atoms with Crippen LogP contribution in [0.5, 0.6) is 5.75 Å². The van der Waals surface area contributed by atoms with Crippen molar-refractivity contribution in [2.75, 3.05) is 6.61 Å². The number of unbranched alkanes of at least 4 members (excludes halogenated alkanes) is 9. The summed E-state index contributed by atoms with van der Waals surface area (Å²) in [5, 5.41) is 1.27. The Kier molecular flexibility index (Phi) is 8.86. The maximum atomic E-state index is 6.07. The van der Waals surface area contributed by atoms with Gasteiger partial charge in [0.25, 0.3) is 0 Å². The van der Waals surface area contributed by atoms with E-state index >= 15 is 0 Å². The van der Waals surface area contributed by atoms with Gasteiger partial charge in [-0.2, -0.15) is 0 Å². The van der Waals surface area contributed by atoms with Gasteiger partial charge in [-0.1, -0.05) is 82.9 Å². The Morgan fingerprint density at radius 3 is 2.10 bits per heavy atom. The lowest BCUT2D eigenvalue weighted by molar-refractivity contribution is 0.302. The Hall–Kier alpha value is -2.22. The van der Waals surface area contributed by atoms with E-state index in [1.165, 1.54) is 91.1 Å². The van der Waals surface area contributed by atoms with E-state index in [0.717, 1.165) is 18.8 Å². The Balaban J connectivity index is 1.40. The fourth-order valence-corrected chi connectivity index (χ4v) is 4.21. The number of hydrogen-bond donors (Lipinski definition) is 1. The number of rotatable bonds is 13. The number of para-hydroxylation sites is 1. The second-order valence-corrected chi connectivity index (χ2v) is 8.73. The third kappa shape index (κ3) is 6.39. The van der Waals surface area contributed by atoms with Crippen molar-refractivity contribution in [2.24, 2.45) is 0 Å². The molecule has 3 rings (SSSR count). The molecule has 3 aromatic rings. The molecular weight excluding hydrogens is 366 g/mol. The van der Waals surface area contributed by atoms with Crippen LogP contribution in [-0.2, 0) is 0 Å². The predicted octanol–water partition coefficient (Wildman–Crippen LogP) is 8.75. The fraction of sp³-hybridized carbons (Fsp3) is 0.500. The van der Waals surface area contributed by atoms with Crippen molar-refractivity contribution in [1.82, 2.24) is 4.98 Å². The van der Waals surface area contributed by atoms with Crippen molar-refractivity contribution in [3.05, 3.63) is 53.6 Å². The normalized spacial score (nSPS) is 11.3. The quantitative estimate of drug-likeness (QED) is 0.282. The lowest BCUT2D eigenvalue weighted by Gasteiger charge is -2.10. The number of nitrogens with one attached hydrogen (secondary N) is 1. The molecule has 0 radical (unpaired) electrons. The van der Waals surface area contributed by atoms with E-state index in [1.54, 1.807) is 0 Å². The van der Waals surface area contributed by atoms with Gasteiger partial charge < -0.3 is 9.72 Å². The molecule has 0 spiro atoms. The molecule has 1 N–H and O–H groups in total. The number of aromatic nitrogens is 1. The molecule has 1 heterocycles. The average Bonchev–Trinajstić information content (AvgIpc) is 3.19. The molecule has 0 atom stereocenters. The van der Waals surface area contributed by atoms with Crippen LogP contribution in [-0.4, -0.2) is 11.6 Å². The zero-order chi connectivity index (χ0) is 21.2. The summed E-state index contributed by atoms with van der Waals surface area (Å²) in [4.78, 5) is 3.58. The molecule has 0 fully saturated rings. The smallest absolute Gasteiger partial charge is 0.122 e. The fourth-order valence-electron chi connectivity index (χ4n) is 4.21. The molecule has 0 unspecified atom stereocenters. The van der Waals surface area contributed by atoms with Gasteiger partial charge in [0.05, 0.1) is 6.61 Å². The van der Waals surface area contributed by atoms with Crippen molar-refractivity contribution >= 4 is 10.9 Å². The Morgan fingerprint density at radius 2 is 1.43 bits per heavy atom. The summed E-state index contributed by atoms with van der Waals surface area (Å²) in [5.74, 6) is 1.02. The highest BCUT2D eigenvalue weighted by molar-refractivity contribution is 5.88. The van der Waals surface area contributed by atoms with Crippen LogP contribution in [0.2, 0.25) is 0 Å². The summed E-state index contributed by atoms with van der Waals surface area (Å²) in [6, 6.07) is 15.2. The van der Waals surface area contributed by atoms with E-state index in [2.05, 4.69) is 68.2 Å². The minimum Gasteiger partial charge on any atom is -0.493 e. The van der Waals surface area contributed by atoms with Crippen molar-refractivity contribution in [3.8, 4) is 17.0 Å². The third-order valence-electron chi connectivity index (χ3n) is 6.11. The first-order valence-electron chi connectivity index (χ1n) is 12.0. The first-order valence-corrected chi connectivity index (χ1v) is 12.0. The number of fused-ring (bicyclic) bond motifs is 1. The van der Waals surface area contributed by atoms with Gasteiger partial charge in [0.1, 0.15) is 5.75 Å². The van der Waals surface area contributed by atoms with Crippen LogP contribution in [0.3, 0.4) is 0 Å². The molecule has 30 heavy (non-hydrogen) atoms. The molecule has 0 aliphatic carbocycles. The average molecular weight is 406 g/mol. The van der Waals surface area contributed by atoms with Crippen molar-refractivity contribution in [2.45, 2.75) is 85.0 Å². The summed E-state index contributed by atoms with van der Waals surface area (Å²) in [5.41, 5.74) is 6.10. The highest BCUT2D eigenvalue weighted by Gasteiger charge is 2.07. The number of aromatic amines is 1. The van der Waals surface area contributed by atoms with E-state index in [0.29, 0.717) is 0 Å². The Bertz CT molecular complexity index is 908. The molecule has 162 valence electrons. The molecule has 1 aromatic heterocycles. The number of H-pyrrole nitrogens is 1. The maximum Gasteiger partial charge on any atom is 0.122 e. The van der Waals surface area contributed by atoms with Crippen molar-refractivity contribution < 1.29 is 4.74 Å². The third-order valence-corrected chi connectivity index (χ3v) is 6.11. The lowest BCUT2D eigenvalue weighted by atomic mass is 10.1. The minimum absolute atomic E-state index is 0.822. The maximum absolute atomic E-state index is 6.07. The van der Waals surface area contributed by atoms with Crippen LogP contribution in [0.15, 0.2) is 42.5 Å². The molecule has 0 saturated heterocycles. The van der Waals surface area contributed by atoms with Crippen molar-refractivity contribution in [3.63, 3.8) is 0 Å². The summed E-state index contributed by atoms with van der Waals surface area (Å²) in [7, 11) is 0. The van der Waals surface area contributed by atoms with Gasteiger partial charge in [0, 0.05) is 16.6 Å². The first kappa shape index (κ1) is 22.5. The van der Waals surface area contributed by atoms with Crippen molar-refractivity contribution in [1.29, 1.82) is 0 Å². The number of aryl methyl sites for hydroxylation is 2. The number of benzene rings is 2. The topological polar surface area (TPSA) is 25.0 Å². The van der Waals surface area contributed by atoms with Gasteiger partial charge in [-0.15, -0.1) is 0 Å². The second-order valence-electron chi connectivity index (χ2n) is 8.73. The molecule has 0 amide bonds. The monoisotopic (exact) mass is 405 g/mol. The van der Waals surface area contributed by atoms with E-state index in [-0.39, 0.29) is 0 Å². The molecule has 0 saturated carbocycles. The summed E-state index contributed by atoms with van der Waals surface area (Å²) >= 11 is 0. The zero-order valence-corrected chi connectivity index (χ0v) is 19.2. The van der Waals surface area contributed by atoms with Gasteiger partial charge in [-0.3, -0.25) is 0 Å². The van der Waals surface area contributed by atoms with Gasteiger partial charge in [0.15, 0.2) is 0 Å². The van der Waals surface area contributed by atoms with Crippen LogP contribution in [0.1, 0.15) is 82.3 Å². The van der Waals surface area contributed by atoms with Gasteiger partial charge in [-0.05, 0) is 61.2 Å². The van der Waals surface area contributed by atoms with Crippen LogP contribution in [0.25, 0.3) is 22.2 Å². The molecule has 2 heteroatoms. The van der Waals surface area contributed by atoms with Gasteiger partial charge in [0.2, 0.25) is 0 Å². The van der Waals surface area contributed by atoms with E-state index < -0.39 is 0 Å². The van der Waals surface area contributed by atoms with Crippen LogP contribution in [0.4, 0.5) is 0 Å². The van der Waals surface area contributed by atoms with Crippen LogP contribution < -0.4 is 4.74 Å². The van der Waals surface area contributed by atoms with E-state index in [4.69, 9.17) is 4.74 Å². The van der Waals surface area contributed by atoms with E-state index in [1.807, 2.05) is 0 Å². The highest BCUT2D eigenvalue weighted by Crippen LogP contribution is 2.29. The zero-order valence-electron chi connectivity index (χ0n) is 19.2.